The van der Waals surface area contributed by atoms with Crippen LogP contribution < -0.4 is 10.1 Å². The molecule has 1 heterocycles. The van der Waals surface area contributed by atoms with Crippen molar-refractivity contribution >= 4 is 23.3 Å². The number of hydrogen-bond acceptors (Lipinski definition) is 3. The summed E-state index contributed by atoms with van der Waals surface area (Å²) in [5.41, 5.74) is 3.02. The molecule has 6 heteroatoms. The van der Waals surface area contributed by atoms with E-state index < -0.39 is 0 Å². The van der Waals surface area contributed by atoms with Gasteiger partial charge in [0.25, 0.3) is 5.91 Å². The minimum atomic E-state index is -0.233. The van der Waals surface area contributed by atoms with Gasteiger partial charge in [0.2, 0.25) is 0 Å². The molecule has 28 heavy (non-hydrogen) atoms. The molecule has 5 nitrogen and oxygen atoms in total. The predicted molar refractivity (Wildman–Crippen MR) is 111 cm³/mol. The summed E-state index contributed by atoms with van der Waals surface area (Å²) < 4.78 is 7.51. The Hall–Kier alpha value is -2.79. The first kappa shape index (κ1) is 18.6. The Morgan fingerprint density at radius 1 is 1.21 bits per heavy atom. The van der Waals surface area contributed by atoms with Crippen LogP contribution in [0.25, 0.3) is 11.1 Å². The van der Waals surface area contributed by atoms with Gasteiger partial charge in [-0.05, 0) is 48.9 Å². The SMILES string of the molecule is Cc1cnn(CC2CC2)c1NC(=O)COc1ccc(-c2ccccc2)cc1Cl. The molecule has 1 saturated carbocycles. The number of amides is 1. The van der Waals surface area contributed by atoms with Gasteiger partial charge in [-0.1, -0.05) is 48.0 Å². The molecule has 1 aliphatic rings. The molecule has 144 valence electrons. The lowest BCUT2D eigenvalue weighted by atomic mass is 10.1. The van der Waals surface area contributed by atoms with Crippen LogP contribution in [0.5, 0.6) is 5.75 Å². The lowest BCUT2D eigenvalue weighted by Crippen LogP contribution is -2.23. The Labute approximate surface area is 169 Å². The van der Waals surface area contributed by atoms with Crippen LogP contribution in [0, 0.1) is 12.8 Å². The van der Waals surface area contributed by atoms with E-state index in [1.807, 2.05) is 54.1 Å². The number of carbonyl (C=O) groups excluding carboxylic acids is 1. The van der Waals surface area contributed by atoms with Gasteiger partial charge in [0.1, 0.15) is 11.6 Å². The van der Waals surface area contributed by atoms with E-state index in [9.17, 15) is 4.79 Å². The zero-order valence-electron chi connectivity index (χ0n) is 15.7. The van der Waals surface area contributed by atoms with E-state index in [2.05, 4.69) is 10.4 Å². The Kier molecular flexibility index (Phi) is 5.35. The van der Waals surface area contributed by atoms with Gasteiger partial charge in [0.15, 0.2) is 6.61 Å². The van der Waals surface area contributed by atoms with E-state index in [0.29, 0.717) is 16.7 Å². The fourth-order valence-electron chi connectivity index (χ4n) is 3.06. The van der Waals surface area contributed by atoms with Gasteiger partial charge in [0, 0.05) is 12.1 Å². The van der Waals surface area contributed by atoms with Crippen LogP contribution in [0.3, 0.4) is 0 Å². The number of halogens is 1. The first-order valence-corrected chi connectivity index (χ1v) is 9.78. The van der Waals surface area contributed by atoms with Crippen LogP contribution in [-0.4, -0.2) is 22.3 Å². The van der Waals surface area contributed by atoms with E-state index in [1.54, 1.807) is 12.3 Å². The minimum absolute atomic E-state index is 0.113. The first-order valence-electron chi connectivity index (χ1n) is 9.40. The fourth-order valence-corrected chi connectivity index (χ4v) is 3.30. The molecule has 0 radical (unpaired) electrons. The highest BCUT2D eigenvalue weighted by Crippen LogP contribution is 2.32. The summed E-state index contributed by atoms with van der Waals surface area (Å²) in [6.45, 7) is 2.67. The van der Waals surface area contributed by atoms with Crippen molar-refractivity contribution in [1.82, 2.24) is 9.78 Å². The van der Waals surface area contributed by atoms with Crippen molar-refractivity contribution in [2.45, 2.75) is 26.3 Å². The van der Waals surface area contributed by atoms with Crippen molar-refractivity contribution in [3.63, 3.8) is 0 Å². The highest BCUT2D eigenvalue weighted by atomic mass is 35.5. The van der Waals surface area contributed by atoms with Gasteiger partial charge in [-0.2, -0.15) is 5.10 Å². The second-order valence-corrected chi connectivity index (χ2v) is 7.56. The van der Waals surface area contributed by atoms with Gasteiger partial charge in [0.05, 0.1) is 11.2 Å². The van der Waals surface area contributed by atoms with Gasteiger partial charge in [-0.25, -0.2) is 4.68 Å². The Morgan fingerprint density at radius 3 is 2.71 bits per heavy atom. The number of nitrogens with one attached hydrogen (secondary N) is 1. The summed E-state index contributed by atoms with van der Waals surface area (Å²) in [5.74, 6) is 1.67. The third-order valence-corrected chi connectivity index (χ3v) is 5.10. The molecule has 1 aliphatic carbocycles. The van der Waals surface area contributed by atoms with E-state index >= 15 is 0 Å². The molecule has 3 aromatic rings. The van der Waals surface area contributed by atoms with Crippen molar-refractivity contribution in [3.8, 4) is 16.9 Å². The quantitative estimate of drug-likeness (QED) is 0.616. The van der Waals surface area contributed by atoms with Crippen LogP contribution in [-0.2, 0) is 11.3 Å². The molecule has 4 rings (SSSR count). The molecule has 1 N–H and O–H groups in total. The average Bonchev–Trinajstić information content (AvgIpc) is 3.46. The lowest BCUT2D eigenvalue weighted by Gasteiger charge is -2.12. The molecule has 0 bridgehead atoms. The fraction of sp³-hybridized carbons (Fsp3) is 0.273. The van der Waals surface area contributed by atoms with Gasteiger partial charge >= 0.3 is 0 Å². The molecule has 1 amide bonds. The number of aromatic nitrogens is 2. The molecule has 0 spiro atoms. The van der Waals surface area contributed by atoms with Gasteiger partial charge in [-0.3, -0.25) is 4.79 Å². The van der Waals surface area contributed by atoms with Gasteiger partial charge in [-0.15, -0.1) is 0 Å². The Bertz CT molecular complexity index is 981. The van der Waals surface area contributed by atoms with Crippen LogP contribution in [0.2, 0.25) is 5.02 Å². The molecular formula is C22H22ClN3O2. The van der Waals surface area contributed by atoms with Crippen molar-refractivity contribution in [2.75, 3.05) is 11.9 Å². The van der Waals surface area contributed by atoms with Crippen molar-refractivity contribution in [1.29, 1.82) is 0 Å². The summed E-state index contributed by atoms with van der Waals surface area (Å²) in [4.78, 5) is 12.4. The normalized spacial score (nSPS) is 13.4. The second kappa shape index (κ2) is 8.07. The zero-order chi connectivity index (χ0) is 19.5. The van der Waals surface area contributed by atoms with Crippen molar-refractivity contribution < 1.29 is 9.53 Å². The highest BCUT2D eigenvalue weighted by molar-refractivity contribution is 6.32. The number of carbonyl (C=O) groups is 1. The topological polar surface area (TPSA) is 56.2 Å². The number of rotatable bonds is 7. The number of benzene rings is 2. The summed E-state index contributed by atoms with van der Waals surface area (Å²) in [5, 5.41) is 7.75. The lowest BCUT2D eigenvalue weighted by molar-refractivity contribution is -0.118. The number of ether oxygens (including phenoxy) is 1. The van der Waals surface area contributed by atoms with Crippen LogP contribution >= 0.6 is 11.6 Å². The van der Waals surface area contributed by atoms with Crippen LogP contribution in [0.4, 0.5) is 5.82 Å². The smallest absolute Gasteiger partial charge is 0.263 e. The Morgan fingerprint density at radius 2 is 2.00 bits per heavy atom. The van der Waals surface area contributed by atoms with Crippen molar-refractivity contribution in [2.24, 2.45) is 5.92 Å². The molecule has 1 fully saturated rings. The van der Waals surface area contributed by atoms with E-state index in [0.717, 1.165) is 29.1 Å². The number of anilines is 1. The van der Waals surface area contributed by atoms with E-state index in [1.165, 1.54) is 12.8 Å². The molecule has 2 aromatic carbocycles. The zero-order valence-corrected chi connectivity index (χ0v) is 16.4. The predicted octanol–water partition coefficient (Wildman–Crippen LogP) is 4.94. The second-order valence-electron chi connectivity index (χ2n) is 7.15. The maximum atomic E-state index is 12.4. The number of hydrogen-bond donors (Lipinski definition) is 1. The third kappa shape index (κ3) is 4.37. The maximum absolute atomic E-state index is 12.4. The summed E-state index contributed by atoms with van der Waals surface area (Å²) in [7, 11) is 0. The number of aryl methyl sites for hydroxylation is 1. The average molecular weight is 396 g/mol. The molecule has 0 unspecified atom stereocenters. The van der Waals surface area contributed by atoms with Crippen molar-refractivity contribution in [3.05, 3.63) is 65.3 Å². The first-order chi connectivity index (χ1) is 13.6. The summed E-state index contributed by atoms with van der Waals surface area (Å²) in [6.07, 6.45) is 4.23. The van der Waals surface area contributed by atoms with E-state index in [4.69, 9.17) is 16.3 Å². The molecule has 0 aliphatic heterocycles. The Balaban J connectivity index is 1.38. The standard InChI is InChI=1S/C22H22ClN3O2/c1-15-12-24-26(13-16-7-8-16)22(15)25-21(27)14-28-20-10-9-18(11-19(20)23)17-5-3-2-4-6-17/h2-6,9-12,16H,7-8,13-14H2,1H3,(H,25,27). The maximum Gasteiger partial charge on any atom is 0.263 e. The molecule has 0 saturated heterocycles. The van der Waals surface area contributed by atoms with Crippen LogP contribution in [0.15, 0.2) is 54.7 Å². The largest absolute Gasteiger partial charge is 0.482 e. The molecule has 1 aromatic heterocycles. The van der Waals surface area contributed by atoms with Gasteiger partial charge < -0.3 is 10.1 Å². The third-order valence-electron chi connectivity index (χ3n) is 4.81. The van der Waals surface area contributed by atoms with E-state index in [-0.39, 0.29) is 12.5 Å². The highest BCUT2D eigenvalue weighted by Gasteiger charge is 2.24. The minimum Gasteiger partial charge on any atom is -0.482 e. The summed E-state index contributed by atoms with van der Waals surface area (Å²) >= 11 is 6.35. The molecular weight excluding hydrogens is 374 g/mol. The monoisotopic (exact) mass is 395 g/mol. The number of nitrogens with zero attached hydrogens (tertiary/aromatic N) is 2. The van der Waals surface area contributed by atoms with Crippen LogP contribution in [0.1, 0.15) is 18.4 Å². The molecule has 0 atom stereocenters. The summed E-state index contributed by atoms with van der Waals surface area (Å²) in [6, 6.07) is 15.5.